The molecule has 1 aliphatic rings. The van der Waals surface area contributed by atoms with Gasteiger partial charge in [-0.2, -0.15) is 0 Å². The number of methoxy groups -OCH3 is 1. The molecule has 20 heavy (non-hydrogen) atoms. The molecule has 2 amide bonds. The van der Waals surface area contributed by atoms with Crippen LogP contribution in [0.15, 0.2) is 22.7 Å². The van der Waals surface area contributed by atoms with Crippen LogP contribution in [0.25, 0.3) is 0 Å². The van der Waals surface area contributed by atoms with Crippen LogP contribution in [0.1, 0.15) is 18.4 Å². The summed E-state index contributed by atoms with van der Waals surface area (Å²) in [4.78, 5) is 23.1. The van der Waals surface area contributed by atoms with Gasteiger partial charge in [-0.1, -0.05) is 15.9 Å². The average molecular weight is 341 g/mol. The van der Waals surface area contributed by atoms with Crippen molar-refractivity contribution in [2.45, 2.75) is 19.4 Å². The summed E-state index contributed by atoms with van der Waals surface area (Å²) < 4.78 is 6.09. The van der Waals surface area contributed by atoms with Crippen LogP contribution < -0.4 is 15.4 Å². The quantitative estimate of drug-likeness (QED) is 0.874. The normalized spacial score (nSPS) is 18.3. The van der Waals surface area contributed by atoms with Gasteiger partial charge in [0.05, 0.1) is 13.0 Å². The zero-order valence-electron chi connectivity index (χ0n) is 11.2. The molecule has 1 heterocycles. The Bertz CT molecular complexity index is 509. The van der Waals surface area contributed by atoms with Crippen LogP contribution in [0.3, 0.4) is 0 Å². The smallest absolute Gasteiger partial charge is 0.225 e. The van der Waals surface area contributed by atoms with E-state index >= 15 is 0 Å². The molecule has 1 saturated heterocycles. The van der Waals surface area contributed by atoms with Gasteiger partial charge >= 0.3 is 0 Å². The first-order chi connectivity index (χ1) is 9.58. The highest BCUT2D eigenvalue weighted by Gasteiger charge is 2.24. The van der Waals surface area contributed by atoms with E-state index in [-0.39, 0.29) is 17.7 Å². The number of hydrogen-bond donors (Lipinski definition) is 2. The van der Waals surface area contributed by atoms with Crippen LogP contribution in [-0.4, -0.2) is 25.5 Å². The Balaban J connectivity index is 1.90. The Hall–Kier alpha value is -1.56. The number of nitrogens with one attached hydrogen (secondary N) is 2. The minimum Gasteiger partial charge on any atom is -0.497 e. The molecule has 0 saturated carbocycles. The van der Waals surface area contributed by atoms with E-state index in [2.05, 4.69) is 26.6 Å². The molecule has 2 N–H and O–H groups in total. The van der Waals surface area contributed by atoms with E-state index in [1.165, 1.54) is 0 Å². The van der Waals surface area contributed by atoms with Gasteiger partial charge in [0.25, 0.3) is 0 Å². The second-order valence-electron chi connectivity index (χ2n) is 4.76. The molecule has 1 atom stereocenters. The molecule has 6 heteroatoms. The van der Waals surface area contributed by atoms with Gasteiger partial charge < -0.3 is 15.4 Å². The van der Waals surface area contributed by atoms with Crippen molar-refractivity contribution in [2.75, 3.05) is 13.7 Å². The fraction of sp³-hybridized carbons (Fsp3) is 0.429. The molecular formula is C14H17BrN2O3. The fourth-order valence-electron chi connectivity index (χ4n) is 2.13. The summed E-state index contributed by atoms with van der Waals surface area (Å²) in [5, 5.41) is 5.61. The summed E-state index contributed by atoms with van der Waals surface area (Å²) in [5.41, 5.74) is 0.962. The van der Waals surface area contributed by atoms with Crippen LogP contribution in [0.5, 0.6) is 5.75 Å². The van der Waals surface area contributed by atoms with Gasteiger partial charge in [0.1, 0.15) is 5.75 Å². The van der Waals surface area contributed by atoms with E-state index < -0.39 is 0 Å². The Morgan fingerprint density at radius 1 is 1.50 bits per heavy atom. The van der Waals surface area contributed by atoms with Crippen molar-refractivity contribution in [2.24, 2.45) is 5.92 Å². The number of piperidine rings is 1. The topological polar surface area (TPSA) is 67.4 Å². The molecule has 1 unspecified atom stereocenters. The summed E-state index contributed by atoms with van der Waals surface area (Å²) in [6.45, 7) is 0.867. The third-order valence-electron chi connectivity index (χ3n) is 3.27. The van der Waals surface area contributed by atoms with Gasteiger partial charge in [0.15, 0.2) is 0 Å². The van der Waals surface area contributed by atoms with Crippen molar-refractivity contribution in [3.63, 3.8) is 0 Å². The first-order valence-corrected chi connectivity index (χ1v) is 7.25. The molecule has 108 valence electrons. The van der Waals surface area contributed by atoms with Crippen LogP contribution in [-0.2, 0) is 16.1 Å². The maximum Gasteiger partial charge on any atom is 0.225 e. The molecule has 0 aliphatic carbocycles. The number of carbonyl (C=O) groups excluding carboxylic acids is 2. The van der Waals surface area contributed by atoms with Crippen LogP contribution in [0.4, 0.5) is 0 Å². The summed E-state index contributed by atoms with van der Waals surface area (Å²) in [5.74, 6) is 0.602. The van der Waals surface area contributed by atoms with Gasteiger partial charge in [0.2, 0.25) is 11.8 Å². The minimum atomic E-state index is -0.137. The number of halogens is 1. The fourth-order valence-corrected chi connectivity index (χ4v) is 2.65. The molecule has 0 bridgehead atoms. The second kappa shape index (κ2) is 6.74. The zero-order chi connectivity index (χ0) is 14.5. The van der Waals surface area contributed by atoms with Gasteiger partial charge in [-0.3, -0.25) is 9.59 Å². The van der Waals surface area contributed by atoms with Crippen molar-refractivity contribution in [3.05, 3.63) is 28.2 Å². The predicted molar refractivity (Wildman–Crippen MR) is 78.3 cm³/mol. The molecular weight excluding hydrogens is 324 g/mol. The molecule has 5 nitrogen and oxygen atoms in total. The van der Waals surface area contributed by atoms with Gasteiger partial charge in [-0.15, -0.1) is 0 Å². The van der Waals surface area contributed by atoms with E-state index in [9.17, 15) is 9.59 Å². The minimum absolute atomic E-state index is 0.0192. The molecule has 0 spiro atoms. The lowest BCUT2D eigenvalue weighted by molar-refractivity contribution is -0.129. The molecule has 2 rings (SSSR count). The van der Waals surface area contributed by atoms with Crippen molar-refractivity contribution in [1.82, 2.24) is 10.6 Å². The highest BCUT2D eigenvalue weighted by molar-refractivity contribution is 9.10. The van der Waals surface area contributed by atoms with Gasteiger partial charge in [0, 0.05) is 24.0 Å². The molecule has 0 aromatic heterocycles. The molecule has 0 radical (unpaired) electrons. The Kier molecular flexibility index (Phi) is 5.00. The molecule has 1 fully saturated rings. The molecule has 1 aliphatic heterocycles. The summed E-state index contributed by atoms with van der Waals surface area (Å²) in [7, 11) is 1.61. The van der Waals surface area contributed by atoms with E-state index in [0.29, 0.717) is 25.9 Å². The number of ether oxygens (including phenoxy) is 1. The summed E-state index contributed by atoms with van der Waals surface area (Å²) >= 11 is 3.40. The van der Waals surface area contributed by atoms with Gasteiger partial charge in [-0.05, 0) is 30.2 Å². The standard InChI is InChI=1S/C14H17BrN2O3/c1-20-12-5-9(4-11(15)6-12)7-17-14(19)10-2-3-13(18)16-8-10/h4-6,10H,2-3,7-8H2,1H3,(H,16,18)(H,17,19). The third kappa shape index (κ3) is 3.96. The Labute approximate surface area is 126 Å². The van der Waals surface area contributed by atoms with Crippen molar-refractivity contribution >= 4 is 27.7 Å². The Morgan fingerprint density at radius 2 is 2.30 bits per heavy atom. The second-order valence-corrected chi connectivity index (χ2v) is 5.67. The first-order valence-electron chi connectivity index (χ1n) is 6.46. The number of rotatable bonds is 4. The summed E-state index contributed by atoms with van der Waals surface area (Å²) in [6, 6.07) is 5.68. The van der Waals surface area contributed by atoms with Crippen molar-refractivity contribution < 1.29 is 14.3 Å². The van der Waals surface area contributed by atoms with Crippen LogP contribution in [0.2, 0.25) is 0 Å². The zero-order valence-corrected chi connectivity index (χ0v) is 12.8. The average Bonchev–Trinajstić information content (AvgIpc) is 2.45. The lowest BCUT2D eigenvalue weighted by atomic mass is 9.98. The van der Waals surface area contributed by atoms with E-state index in [4.69, 9.17) is 4.74 Å². The van der Waals surface area contributed by atoms with Crippen LogP contribution >= 0.6 is 15.9 Å². The van der Waals surface area contributed by atoms with E-state index in [1.807, 2.05) is 18.2 Å². The maximum absolute atomic E-state index is 12.0. The van der Waals surface area contributed by atoms with Crippen molar-refractivity contribution in [3.8, 4) is 5.75 Å². The first kappa shape index (κ1) is 14.8. The van der Waals surface area contributed by atoms with E-state index in [0.717, 1.165) is 15.8 Å². The lowest BCUT2D eigenvalue weighted by Gasteiger charge is -2.21. The van der Waals surface area contributed by atoms with Gasteiger partial charge in [-0.25, -0.2) is 0 Å². The number of carbonyl (C=O) groups is 2. The highest BCUT2D eigenvalue weighted by Crippen LogP contribution is 2.21. The Morgan fingerprint density at radius 3 is 2.95 bits per heavy atom. The maximum atomic E-state index is 12.0. The van der Waals surface area contributed by atoms with E-state index in [1.54, 1.807) is 7.11 Å². The molecule has 1 aromatic carbocycles. The largest absolute Gasteiger partial charge is 0.497 e. The van der Waals surface area contributed by atoms with Crippen molar-refractivity contribution in [1.29, 1.82) is 0 Å². The highest BCUT2D eigenvalue weighted by atomic mass is 79.9. The summed E-state index contributed by atoms with van der Waals surface area (Å²) in [6.07, 6.45) is 1.03. The number of hydrogen-bond acceptors (Lipinski definition) is 3. The lowest BCUT2D eigenvalue weighted by Crippen LogP contribution is -2.42. The monoisotopic (exact) mass is 340 g/mol. The number of benzene rings is 1. The van der Waals surface area contributed by atoms with Crippen LogP contribution in [0, 0.1) is 5.92 Å². The SMILES string of the molecule is COc1cc(Br)cc(CNC(=O)C2CCC(=O)NC2)c1. The number of amides is 2. The third-order valence-corrected chi connectivity index (χ3v) is 3.73. The predicted octanol–water partition coefficient (Wildman–Crippen LogP) is 1.60. The molecule has 1 aromatic rings.